The first-order valence-electron chi connectivity index (χ1n) is 4.53. The molecule has 0 aliphatic carbocycles. The molecule has 3 heteroatoms. The van der Waals surface area contributed by atoms with Crippen LogP contribution in [0.3, 0.4) is 0 Å². The molecule has 1 aromatic rings. The largest absolute Gasteiger partial charge is 0.399 e. The Morgan fingerprint density at radius 1 is 1.57 bits per heavy atom. The molecule has 0 saturated heterocycles. The molecule has 2 rings (SSSR count). The van der Waals surface area contributed by atoms with Gasteiger partial charge < -0.3 is 10.5 Å². The molecular formula is C11H12N2O. The van der Waals surface area contributed by atoms with E-state index < -0.39 is 5.41 Å². The van der Waals surface area contributed by atoms with Gasteiger partial charge in [0.1, 0.15) is 5.41 Å². The Labute approximate surface area is 83.1 Å². The second kappa shape index (κ2) is 3.00. The maximum Gasteiger partial charge on any atom is 0.103 e. The van der Waals surface area contributed by atoms with E-state index in [4.69, 9.17) is 15.7 Å². The van der Waals surface area contributed by atoms with E-state index in [2.05, 4.69) is 6.07 Å². The number of nitrogens with two attached hydrogens (primary N) is 1. The van der Waals surface area contributed by atoms with Gasteiger partial charge in [-0.2, -0.15) is 5.26 Å². The second-order valence-corrected chi connectivity index (χ2v) is 3.85. The van der Waals surface area contributed by atoms with E-state index in [1.54, 1.807) is 0 Å². The van der Waals surface area contributed by atoms with Crippen molar-refractivity contribution >= 4 is 5.69 Å². The van der Waals surface area contributed by atoms with E-state index in [9.17, 15) is 0 Å². The Bertz CT molecular complexity index is 408. The van der Waals surface area contributed by atoms with Crippen LogP contribution in [0.5, 0.6) is 0 Å². The minimum Gasteiger partial charge on any atom is -0.399 e. The zero-order valence-electron chi connectivity index (χ0n) is 8.08. The summed E-state index contributed by atoms with van der Waals surface area (Å²) in [6.45, 7) is 2.90. The van der Waals surface area contributed by atoms with Crippen LogP contribution >= 0.6 is 0 Å². The molecule has 3 nitrogen and oxygen atoms in total. The monoisotopic (exact) mass is 188 g/mol. The third-order valence-electron chi connectivity index (χ3n) is 2.62. The van der Waals surface area contributed by atoms with Gasteiger partial charge in [-0.25, -0.2) is 0 Å². The number of nitrogen functional groups attached to an aromatic ring is 1. The molecule has 1 aromatic carbocycles. The van der Waals surface area contributed by atoms with Crippen molar-refractivity contribution in [1.29, 1.82) is 5.26 Å². The lowest BCUT2D eigenvalue weighted by atomic mass is 9.80. The van der Waals surface area contributed by atoms with Crippen LogP contribution in [0.1, 0.15) is 18.1 Å². The Balaban J connectivity index is 2.59. The van der Waals surface area contributed by atoms with Gasteiger partial charge in [0, 0.05) is 5.69 Å². The SMILES string of the molecule is CC1(C#N)COCc2ccc(N)cc21. The fraction of sp³-hybridized carbons (Fsp3) is 0.364. The first-order valence-corrected chi connectivity index (χ1v) is 4.53. The molecule has 0 aromatic heterocycles. The van der Waals surface area contributed by atoms with Crippen molar-refractivity contribution in [1.82, 2.24) is 0 Å². The number of rotatable bonds is 0. The van der Waals surface area contributed by atoms with Crippen LogP contribution in [0.2, 0.25) is 0 Å². The second-order valence-electron chi connectivity index (χ2n) is 3.85. The molecule has 2 N–H and O–H groups in total. The molecule has 1 atom stereocenters. The zero-order valence-corrected chi connectivity index (χ0v) is 8.08. The number of hydrogen-bond acceptors (Lipinski definition) is 3. The molecule has 1 unspecified atom stereocenters. The Morgan fingerprint density at radius 2 is 2.36 bits per heavy atom. The molecule has 0 saturated carbocycles. The number of ether oxygens (including phenoxy) is 1. The van der Waals surface area contributed by atoms with Crippen LogP contribution in [0.25, 0.3) is 0 Å². The van der Waals surface area contributed by atoms with Gasteiger partial charge in [-0.1, -0.05) is 6.07 Å². The van der Waals surface area contributed by atoms with Crippen molar-refractivity contribution in [3.63, 3.8) is 0 Å². The molecule has 0 fully saturated rings. The molecule has 0 spiro atoms. The maximum atomic E-state index is 9.12. The Kier molecular flexibility index (Phi) is 1.94. The topological polar surface area (TPSA) is 59.0 Å². The Hall–Kier alpha value is -1.53. The summed E-state index contributed by atoms with van der Waals surface area (Å²) in [5.41, 5.74) is 7.93. The highest BCUT2D eigenvalue weighted by atomic mass is 16.5. The molecule has 1 aliphatic rings. The third kappa shape index (κ3) is 1.24. The number of fused-ring (bicyclic) bond motifs is 1. The molecule has 0 amide bonds. The van der Waals surface area contributed by atoms with Gasteiger partial charge in [0.05, 0.1) is 19.3 Å². The average molecular weight is 188 g/mol. The molecule has 1 aliphatic heterocycles. The van der Waals surface area contributed by atoms with Crippen LogP contribution in [-0.4, -0.2) is 6.61 Å². The van der Waals surface area contributed by atoms with Crippen molar-refractivity contribution in [2.45, 2.75) is 18.9 Å². The lowest BCUT2D eigenvalue weighted by molar-refractivity contribution is 0.0760. The molecule has 72 valence electrons. The number of benzene rings is 1. The van der Waals surface area contributed by atoms with Gasteiger partial charge in [0.25, 0.3) is 0 Å². The summed E-state index contributed by atoms with van der Waals surface area (Å²) in [7, 11) is 0. The molecule has 14 heavy (non-hydrogen) atoms. The normalized spacial score (nSPS) is 25.1. The van der Waals surface area contributed by atoms with Gasteiger partial charge in [0.15, 0.2) is 0 Å². The summed E-state index contributed by atoms with van der Waals surface area (Å²) < 4.78 is 5.38. The van der Waals surface area contributed by atoms with Crippen LogP contribution in [0, 0.1) is 11.3 Å². The number of nitrogens with zero attached hydrogens (tertiary/aromatic N) is 1. The summed E-state index contributed by atoms with van der Waals surface area (Å²) in [6.07, 6.45) is 0. The number of anilines is 1. The summed E-state index contributed by atoms with van der Waals surface area (Å²) in [5, 5.41) is 9.12. The minimum atomic E-state index is -0.553. The van der Waals surface area contributed by atoms with Crippen LogP contribution in [-0.2, 0) is 16.8 Å². The van der Waals surface area contributed by atoms with E-state index >= 15 is 0 Å². The highest BCUT2D eigenvalue weighted by Gasteiger charge is 2.32. The van der Waals surface area contributed by atoms with Crippen molar-refractivity contribution in [2.24, 2.45) is 0 Å². The van der Waals surface area contributed by atoms with E-state index in [1.807, 2.05) is 25.1 Å². The maximum absolute atomic E-state index is 9.12. The highest BCUT2D eigenvalue weighted by Crippen LogP contribution is 2.32. The summed E-state index contributed by atoms with van der Waals surface area (Å²) in [6, 6.07) is 7.93. The van der Waals surface area contributed by atoms with Crippen molar-refractivity contribution in [3.8, 4) is 6.07 Å². The molecular weight excluding hydrogens is 176 g/mol. The standard InChI is InChI=1S/C11H12N2O/c1-11(6-12)7-14-5-8-2-3-9(13)4-10(8)11/h2-4H,5,7,13H2,1H3. The minimum absolute atomic E-state index is 0.444. The van der Waals surface area contributed by atoms with Crippen molar-refractivity contribution in [3.05, 3.63) is 29.3 Å². The smallest absolute Gasteiger partial charge is 0.103 e. The lowest BCUT2D eigenvalue weighted by Gasteiger charge is -2.29. The summed E-state index contributed by atoms with van der Waals surface area (Å²) in [5.74, 6) is 0. The van der Waals surface area contributed by atoms with E-state index in [0.29, 0.717) is 18.9 Å². The fourth-order valence-corrected chi connectivity index (χ4v) is 1.77. The van der Waals surface area contributed by atoms with Gasteiger partial charge in [-0.05, 0) is 30.2 Å². The molecule has 0 bridgehead atoms. The molecule has 1 heterocycles. The summed E-state index contributed by atoms with van der Waals surface area (Å²) >= 11 is 0. The van der Waals surface area contributed by atoms with E-state index in [0.717, 1.165) is 11.1 Å². The van der Waals surface area contributed by atoms with E-state index in [1.165, 1.54) is 0 Å². The predicted molar refractivity (Wildman–Crippen MR) is 53.5 cm³/mol. The fourth-order valence-electron chi connectivity index (χ4n) is 1.77. The number of hydrogen-bond donors (Lipinski definition) is 1. The molecule has 0 radical (unpaired) electrons. The van der Waals surface area contributed by atoms with Crippen molar-refractivity contribution in [2.75, 3.05) is 12.3 Å². The Morgan fingerprint density at radius 3 is 3.07 bits per heavy atom. The van der Waals surface area contributed by atoms with Crippen LogP contribution < -0.4 is 5.73 Å². The van der Waals surface area contributed by atoms with Crippen LogP contribution in [0.15, 0.2) is 18.2 Å². The lowest BCUT2D eigenvalue weighted by Crippen LogP contribution is -2.32. The van der Waals surface area contributed by atoms with Gasteiger partial charge in [-0.15, -0.1) is 0 Å². The van der Waals surface area contributed by atoms with E-state index in [-0.39, 0.29) is 0 Å². The zero-order chi connectivity index (χ0) is 10.2. The van der Waals surface area contributed by atoms with Gasteiger partial charge >= 0.3 is 0 Å². The van der Waals surface area contributed by atoms with Crippen molar-refractivity contribution < 1.29 is 4.74 Å². The first kappa shape index (κ1) is 9.04. The van der Waals surface area contributed by atoms with Gasteiger partial charge in [0.2, 0.25) is 0 Å². The van der Waals surface area contributed by atoms with Gasteiger partial charge in [-0.3, -0.25) is 0 Å². The first-order chi connectivity index (χ1) is 6.65. The highest BCUT2D eigenvalue weighted by molar-refractivity contribution is 5.50. The third-order valence-corrected chi connectivity index (χ3v) is 2.62. The summed E-state index contributed by atoms with van der Waals surface area (Å²) in [4.78, 5) is 0. The van der Waals surface area contributed by atoms with Crippen LogP contribution in [0.4, 0.5) is 5.69 Å². The number of nitriles is 1. The quantitative estimate of drug-likeness (QED) is 0.629. The average Bonchev–Trinajstić information content (AvgIpc) is 2.20. The predicted octanol–water partition coefficient (Wildman–Crippen LogP) is 1.58.